The summed E-state index contributed by atoms with van der Waals surface area (Å²) in [4.78, 5) is 23.6. The number of rotatable bonds is 3. The largest absolute Gasteiger partial charge is 0.469 e. The molecule has 0 saturated heterocycles. The van der Waals surface area contributed by atoms with E-state index in [1.807, 2.05) is 0 Å². The summed E-state index contributed by atoms with van der Waals surface area (Å²) in [5, 5.41) is 0. The van der Waals surface area contributed by atoms with E-state index in [0.717, 1.165) is 12.1 Å². The summed E-state index contributed by atoms with van der Waals surface area (Å²) in [6.07, 6.45) is -2.53. The Labute approximate surface area is 126 Å². The minimum Gasteiger partial charge on any atom is -0.469 e. The van der Waals surface area contributed by atoms with E-state index in [2.05, 4.69) is 4.74 Å². The summed E-state index contributed by atoms with van der Waals surface area (Å²) < 4.78 is 42.5. The van der Waals surface area contributed by atoms with E-state index in [4.69, 9.17) is 0 Å². The molecule has 0 N–H and O–H groups in total. The highest BCUT2D eigenvalue weighted by Crippen LogP contribution is 2.38. The van der Waals surface area contributed by atoms with Crippen molar-refractivity contribution < 1.29 is 27.5 Å². The zero-order valence-corrected chi connectivity index (χ0v) is 12.2. The highest BCUT2D eigenvalue weighted by molar-refractivity contribution is 5.87. The van der Waals surface area contributed by atoms with Gasteiger partial charge in [-0.05, 0) is 36.5 Å². The molecule has 0 spiro atoms. The molecule has 0 bridgehead atoms. The Kier molecular flexibility index (Phi) is 4.88. The molecule has 3 nitrogen and oxygen atoms in total. The second kappa shape index (κ2) is 6.50. The van der Waals surface area contributed by atoms with Crippen LogP contribution in [-0.2, 0) is 20.5 Å². The lowest BCUT2D eigenvalue weighted by molar-refractivity contribution is -0.142. The summed E-state index contributed by atoms with van der Waals surface area (Å²) in [6.45, 7) is 0. The number of carbonyl (C=O) groups is 2. The van der Waals surface area contributed by atoms with Gasteiger partial charge in [-0.1, -0.05) is 12.1 Å². The normalized spacial score (nSPS) is 22.5. The van der Waals surface area contributed by atoms with Gasteiger partial charge in [-0.3, -0.25) is 9.59 Å². The Morgan fingerprint density at radius 1 is 1.27 bits per heavy atom. The molecule has 0 radical (unpaired) electrons. The van der Waals surface area contributed by atoms with E-state index < -0.39 is 23.6 Å². The third-order valence-corrected chi connectivity index (χ3v) is 4.07. The lowest BCUT2D eigenvalue weighted by Gasteiger charge is -2.30. The number of esters is 1. The fourth-order valence-corrected chi connectivity index (χ4v) is 2.98. The molecule has 22 heavy (non-hydrogen) atoms. The molecule has 1 fully saturated rings. The van der Waals surface area contributed by atoms with Crippen molar-refractivity contribution in [1.82, 2.24) is 0 Å². The molecule has 120 valence electrons. The summed E-state index contributed by atoms with van der Waals surface area (Å²) in [6, 6.07) is 4.63. The lowest BCUT2D eigenvalue weighted by Crippen LogP contribution is -2.28. The first kappa shape index (κ1) is 16.5. The third-order valence-electron chi connectivity index (χ3n) is 4.07. The SMILES string of the molecule is COC(=O)C[C@H]1CCCC(=O)[C@@H]1c1ccc(C(F)(F)F)cc1. The Bertz CT molecular complexity index is 549. The van der Waals surface area contributed by atoms with E-state index in [9.17, 15) is 22.8 Å². The number of Topliss-reactive ketones (excluding diaryl/α,β-unsaturated/α-hetero) is 1. The molecule has 1 saturated carbocycles. The van der Waals surface area contributed by atoms with Crippen LogP contribution in [0.2, 0.25) is 0 Å². The van der Waals surface area contributed by atoms with Crippen molar-refractivity contribution in [3.63, 3.8) is 0 Å². The molecule has 2 rings (SSSR count). The Morgan fingerprint density at radius 3 is 2.45 bits per heavy atom. The molecule has 0 aliphatic heterocycles. The van der Waals surface area contributed by atoms with Gasteiger partial charge in [0.2, 0.25) is 0 Å². The molecule has 0 aromatic heterocycles. The first-order valence-electron chi connectivity index (χ1n) is 7.09. The van der Waals surface area contributed by atoms with Crippen molar-refractivity contribution >= 4 is 11.8 Å². The average Bonchev–Trinajstić information content (AvgIpc) is 2.46. The average molecular weight is 314 g/mol. The topological polar surface area (TPSA) is 43.4 Å². The van der Waals surface area contributed by atoms with Crippen molar-refractivity contribution in [2.75, 3.05) is 7.11 Å². The minimum atomic E-state index is -4.40. The zero-order chi connectivity index (χ0) is 16.3. The molecule has 6 heteroatoms. The molecule has 1 aliphatic rings. The Balaban J connectivity index is 2.25. The first-order valence-corrected chi connectivity index (χ1v) is 7.09. The van der Waals surface area contributed by atoms with Gasteiger partial charge in [-0.15, -0.1) is 0 Å². The predicted molar refractivity (Wildman–Crippen MR) is 73.2 cm³/mol. The molecule has 1 aromatic rings. The van der Waals surface area contributed by atoms with Crippen molar-refractivity contribution in [3.8, 4) is 0 Å². The second-order valence-corrected chi connectivity index (χ2v) is 5.50. The van der Waals surface area contributed by atoms with Gasteiger partial charge in [0.15, 0.2) is 0 Å². The van der Waals surface area contributed by atoms with Gasteiger partial charge in [0.1, 0.15) is 5.78 Å². The first-order chi connectivity index (χ1) is 10.3. The van der Waals surface area contributed by atoms with E-state index in [-0.39, 0.29) is 18.1 Å². The molecular weight excluding hydrogens is 297 g/mol. The second-order valence-electron chi connectivity index (χ2n) is 5.50. The fourth-order valence-electron chi connectivity index (χ4n) is 2.98. The van der Waals surface area contributed by atoms with E-state index in [1.54, 1.807) is 0 Å². The van der Waals surface area contributed by atoms with Crippen LogP contribution < -0.4 is 0 Å². The monoisotopic (exact) mass is 314 g/mol. The highest BCUT2D eigenvalue weighted by atomic mass is 19.4. The molecular formula is C16H17F3O3. The number of alkyl halides is 3. The van der Waals surface area contributed by atoms with Gasteiger partial charge in [-0.2, -0.15) is 13.2 Å². The predicted octanol–water partition coefficient (Wildman–Crippen LogP) is 3.72. The van der Waals surface area contributed by atoms with Crippen LogP contribution in [-0.4, -0.2) is 18.9 Å². The van der Waals surface area contributed by atoms with E-state index >= 15 is 0 Å². The van der Waals surface area contributed by atoms with Crippen molar-refractivity contribution in [2.45, 2.75) is 37.8 Å². The molecule has 1 aliphatic carbocycles. The number of methoxy groups -OCH3 is 1. The number of halogens is 3. The summed E-state index contributed by atoms with van der Waals surface area (Å²) in [7, 11) is 1.28. The van der Waals surface area contributed by atoms with Crippen LogP contribution >= 0.6 is 0 Å². The molecule has 1 aromatic carbocycles. The van der Waals surface area contributed by atoms with Crippen LogP contribution in [0.1, 0.15) is 42.7 Å². The lowest BCUT2D eigenvalue weighted by atomic mass is 9.73. The maximum atomic E-state index is 12.6. The number of benzene rings is 1. The number of ketones is 1. The summed E-state index contributed by atoms with van der Waals surface area (Å²) >= 11 is 0. The Morgan fingerprint density at radius 2 is 1.91 bits per heavy atom. The van der Waals surface area contributed by atoms with E-state index in [0.29, 0.717) is 24.8 Å². The Hall–Kier alpha value is -1.85. The quantitative estimate of drug-likeness (QED) is 0.799. The number of hydrogen-bond acceptors (Lipinski definition) is 3. The molecule has 2 atom stereocenters. The number of ether oxygens (including phenoxy) is 1. The third kappa shape index (κ3) is 3.67. The molecule has 0 unspecified atom stereocenters. The van der Waals surface area contributed by atoms with Gasteiger partial charge in [0, 0.05) is 18.8 Å². The van der Waals surface area contributed by atoms with Crippen molar-refractivity contribution in [3.05, 3.63) is 35.4 Å². The number of carbonyl (C=O) groups excluding carboxylic acids is 2. The summed E-state index contributed by atoms with van der Waals surface area (Å²) in [5.41, 5.74) is -0.212. The van der Waals surface area contributed by atoms with Crippen molar-refractivity contribution in [1.29, 1.82) is 0 Å². The smallest absolute Gasteiger partial charge is 0.416 e. The van der Waals surface area contributed by atoms with Crippen LogP contribution in [0, 0.1) is 5.92 Å². The van der Waals surface area contributed by atoms with Crippen LogP contribution in [0.15, 0.2) is 24.3 Å². The van der Waals surface area contributed by atoms with Gasteiger partial charge in [0.25, 0.3) is 0 Å². The van der Waals surface area contributed by atoms with Gasteiger partial charge < -0.3 is 4.74 Å². The van der Waals surface area contributed by atoms with Gasteiger partial charge >= 0.3 is 12.1 Å². The van der Waals surface area contributed by atoms with Gasteiger partial charge in [0.05, 0.1) is 12.7 Å². The van der Waals surface area contributed by atoms with Crippen LogP contribution in [0.5, 0.6) is 0 Å². The maximum Gasteiger partial charge on any atom is 0.416 e. The minimum absolute atomic E-state index is 0.0279. The zero-order valence-electron chi connectivity index (χ0n) is 12.2. The van der Waals surface area contributed by atoms with E-state index in [1.165, 1.54) is 19.2 Å². The highest BCUT2D eigenvalue weighted by Gasteiger charge is 2.35. The van der Waals surface area contributed by atoms with Crippen molar-refractivity contribution in [2.24, 2.45) is 5.92 Å². The fraction of sp³-hybridized carbons (Fsp3) is 0.500. The number of hydrogen-bond donors (Lipinski definition) is 0. The van der Waals surface area contributed by atoms with Crippen LogP contribution in [0.4, 0.5) is 13.2 Å². The van der Waals surface area contributed by atoms with Crippen LogP contribution in [0.25, 0.3) is 0 Å². The van der Waals surface area contributed by atoms with Crippen LogP contribution in [0.3, 0.4) is 0 Å². The standard InChI is InChI=1S/C16H17F3O3/c1-22-14(21)9-11-3-2-4-13(20)15(11)10-5-7-12(8-6-10)16(17,18)19/h5-8,11,15H,2-4,9H2,1H3/t11-,15-/m1/s1. The maximum absolute atomic E-state index is 12.6. The van der Waals surface area contributed by atoms with Gasteiger partial charge in [-0.25, -0.2) is 0 Å². The molecule has 0 amide bonds. The summed E-state index contributed by atoms with van der Waals surface area (Å²) in [5.74, 6) is -1.18. The molecule has 0 heterocycles.